The lowest BCUT2D eigenvalue weighted by Crippen LogP contribution is -2.43. The van der Waals surface area contributed by atoms with E-state index in [1.54, 1.807) is 0 Å². The highest BCUT2D eigenvalue weighted by Crippen LogP contribution is 2.43. The summed E-state index contributed by atoms with van der Waals surface area (Å²) in [4.78, 5) is 0. The van der Waals surface area contributed by atoms with E-state index in [1.165, 1.54) is 68.6 Å². The first-order chi connectivity index (χ1) is 11.1. The summed E-state index contributed by atoms with van der Waals surface area (Å²) in [6, 6.07) is 0.698. The molecular weight excluding hydrogens is 284 g/mol. The van der Waals surface area contributed by atoms with Crippen molar-refractivity contribution in [1.82, 2.24) is 20.4 Å². The van der Waals surface area contributed by atoms with Crippen LogP contribution in [0, 0.1) is 19.3 Å². The van der Waals surface area contributed by atoms with Crippen LogP contribution in [0.2, 0.25) is 0 Å². The molecular formula is C19H34N4. The van der Waals surface area contributed by atoms with E-state index in [-0.39, 0.29) is 0 Å². The molecule has 1 aliphatic heterocycles. The summed E-state index contributed by atoms with van der Waals surface area (Å²) in [6.45, 7) is 11.1. The first kappa shape index (κ1) is 17.0. The molecule has 23 heavy (non-hydrogen) atoms. The van der Waals surface area contributed by atoms with Crippen LogP contribution in [0.4, 0.5) is 0 Å². The largest absolute Gasteiger partial charge is 0.317 e. The van der Waals surface area contributed by atoms with Gasteiger partial charge in [-0.3, -0.25) is 4.68 Å². The number of nitrogens with zero attached hydrogens (tertiary/aromatic N) is 2. The third-order valence-electron chi connectivity index (χ3n) is 6.24. The third kappa shape index (κ3) is 3.80. The molecule has 2 heterocycles. The van der Waals surface area contributed by atoms with Crippen molar-refractivity contribution in [3.63, 3.8) is 0 Å². The van der Waals surface area contributed by atoms with Crippen LogP contribution in [-0.4, -0.2) is 28.9 Å². The average molecular weight is 319 g/mol. The number of piperidine rings is 1. The van der Waals surface area contributed by atoms with E-state index in [1.807, 2.05) is 0 Å². The molecule has 1 saturated carbocycles. The Morgan fingerprint density at radius 2 is 1.87 bits per heavy atom. The van der Waals surface area contributed by atoms with Crippen molar-refractivity contribution in [2.45, 2.75) is 84.8 Å². The molecule has 1 aromatic rings. The lowest BCUT2D eigenvalue weighted by Gasteiger charge is -2.43. The van der Waals surface area contributed by atoms with Gasteiger partial charge < -0.3 is 10.6 Å². The highest BCUT2D eigenvalue weighted by Gasteiger charge is 2.35. The summed E-state index contributed by atoms with van der Waals surface area (Å²) in [6.07, 6.45) is 9.46. The van der Waals surface area contributed by atoms with Crippen LogP contribution < -0.4 is 10.6 Å². The van der Waals surface area contributed by atoms with Crippen molar-refractivity contribution >= 4 is 0 Å². The molecule has 2 N–H and O–H groups in total. The van der Waals surface area contributed by atoms with Crippen LogP contribution in [-0.2, 0) is 13.1 Å². The summed E-state index contributed by atoms with van der Waals surface area (Å²) < 4.78 is 2.18. The standard InChI is InChI=1S/C19H34N4/c1-4-13-23-16(3)18(15(2)22-23)14-21-17-5-7-19(8-6-17)9-11-20-12-10-19/h17,20-21H,4-14H2,1-3H3. The van der Waals surface area contributed by atoms with Crippen molar-refractivity contribution in [3.8, 4) is 0 Å². The van der Waals surface area contributed by atoms with Gasteiger partial charge in [0.15, 0.2) is 0 Å². The fraction of sp³-hybridized carbons (Fsp3) is 0.842. The summed E-state index contributed by atoms with van der Waals surface area (Å²) >= 11 is 0. The Kier molecular flexibility index (Phi) is 5.42. The zero-order valence-corrected chi connectivity index (χ0v) is 15.2. The molecule has 0 atom stereocenters. The molecule has 3 rings (SSSR count). The Bertz CT molecular complexity index is 504. The number of aromatic nitrogens is 2. The minimum Gasteiger partial charge on any atom is -0.317 e. The first-order valence-corrected chi connectivity index (χ1v) is 9.60. The summed E-state index contributed by atoms with van der Waals surface area (Å²) in [5.41, 5.74) is 4.64. The van der Waals surface area contributed by atoms with Gasteiger partial charge in [-0.25, -0.2) is 0 Å². The SMILES string of the molecule is CCCn1nc(C)c(CNC2CCC3(CCNCC3)CC2)c1C. The Hall–Kier alpha value is -0.870. The smallest absolute Gasteiger partial charge is 0.0641 e. The molecule has 2 aliphatic rings. The first-order valence-electron chi connectivity index (χ1n) is 9.60. The molecule has 0 bridgehead atoms. The molecule has 2 fully saturated rings. The highest BCUT2D eigenvalue weighted by atomic mass is 15.3. The van der Waals surface area contributed by atoms with Gasteiger partial charge >= 0.3 is 0 Å². The molecule has 1 aromatic heterocycles. The van der Waals surface area contributed by atoms with Crippen LogP contribution in [0.1, 0.15) is 68.8 Å². The lowest BCUT2D eigenvalue weighted by molar-refractivity contribution is 0.115. The van der Waals surface area contributed by atoms with E-state index in [0.29, 0.717) is 11.5 Å². The number of hydrogen-bond acceptors (Lipinski definition) is 3. The van der Waals surface area contributed by atoms with Gasteiger partial charge in [-0.15, -0.1) is 0 Å². The van der Waals surface area contributed by atoms with Gasteiger partial charge in [-0.2, -0.15) is 5.10 Å². The van der Waals surface area contributed by atoms with Gasteiger partial charge in [0.2, 0.25) is 0 Å². The van der Waals surface area contributed by atoms with Crippen molar-refractivity contribution in [3.05, 3.63) is 17.0 Å². The third-order valence-corrected chi connectivity index (χ3v) is 6.24. The Morgan fingerprint density at radius 1 is 1.17 bits per heavy atom. The molecule has 4 heteroatoms. The molecule has 0 radical (unpaired) electrons. The van der Waals surface area contributed by atoms with Crippen LogP contribution in [0.3, 0.4) is 0 Å². The van der Waals surface area contributed by atoms with E-state index in [0.717, 1.165) is 19.5 Å². The molecule has 130 valence electrons. The van der Waals surface area contributed by atoms with E-state index in [2.05, 4.69) is 36.1 Å². The molecule has 0 aromatic carbocycles. The van der Waals surface area contributed by atoms with Gasteiger partial charge in [-0.1, -0.05) is 6.92 Å². The number of aryl methyl sites for hydroxylation is 2. The van der Waals surface area contributed by atoms with Gasteiger partial charge in [0, 0.05) is 30.4 Å². The molecule has 0 amide bonds. The minimum absolute atomic E-state index is 0.668. The quantitative estimate of drug-likeness (QED) is 0.875. The second-order valence-electron chi connectivity index (χ2n) is 7.78. The molecule has 4 nitrogen and oxygen atoms in total. The van der Waals surface area contributed by atoms with Gasteiger partial charge in [0.1, 0.15) is 0 Å². The molecule has 1 spiro atoms. The van der Waals surface area contributed by atoms with Gasteiger partial charge in [0.05, 0.1) is 5.69 Å². The minimum atomic E-state index is 0.668. The highest BCUT2D eigenvalue weighted by molar-refractivity contribution is 5.24. The van der Waals surface area contributed by atoms with Crippen molar-refractivity contribution < 1.29 is 0 Å². The predicted molar refractivity (Wildman–Crippen MR) is 95.6 cm³/mol. The Balaban J connectivity index is 1.52. The maximum Gasteiger partial charge on any atom is 0.0641 e. The topological polar surface area (TPSA) is 41.9 Å². The molecule has 1 aliphatic carbocycles. The zero-order valence-electron chi connectivity index (χ0n) is 15.2. The van der Waals surface area contributed by atoms with E-state index in [9.17, 15) is 0 Å². The number of hydrogen-bond donors (Lipinski definition) is 2. The number of rotatable bonds is 5. The summed E-state index contributed by atoms with van der Waals surface area (Å²) in [7, 11) is 0. The maximum atomic E-state index is 4.70. The normalized spacial score (nSPS) is 21.9. The summed E-state index contributed by atoms with van der Waals surface area (Å²) in [5.74, 6) is 0. The zero-order chi connectivity index (χ0) is 16.3. The second kappa shape index (κ2) is 7.35. The van der Waals surface area contributed by atoms with Crippen LogP contribution in [0.15, 0.2) is 0 Å². The molecule has 0 unspecified atom stereocenters. The Morgan fingerprint density at radius 3 is 2.52 bits per heavy atom. The van der Waals surface area contributed by atoms with Crippen molar-refractivity contribution in [2.75, 3.05) is 13.1 Å². The fourth-order valence-electron chi connectivity index (χ4n) is 4.56. The predicted octanol–water partition coefficient (Wildman–Crippen LogP) is 3.31. The number of nitrogens with one attached hydrogen (secondary N) is 2. The van der Waals surface area contributed by atoms with E-state index >= 15 is 0 Å². The van der Waals surface area contributed by atoms with E-state index in [4.69, 9.17) is 5.10 Å². The van der Waals surface area contributed by atoms with E-state index < -0.39 is 0 Å². The lowest BCUT2D eigenvalue weighted by atomic mass is 9.67. The fourth-order valence-corrected chi connectivity index (χ4v) is 4.56. The summed E-state index contributed by atoms with van der Waals surface area (Å²) in [5, 5.41) is 12.0. The van der Waals surface area contributed by atoms with Crippen LogP contribution in [0.5, 0.6) is 0 Å². The second-order valence-corrected chi connectivity index (χ2v) is 7.78. The van der Waals surface area contributed by atoms with Gasteiger partial charge in [-0.05, 0) is 77.3 Å². The van der Waals surface area contributed by atoms with Crippen molar-refractivity contribution in [2.24, 2.45) is 5.41 Å². The molecule has 1 saturated heterocycles. The van der Waals surface area contributed by atoms with Crippen molar-refractivity contribution in [1.29, 1.82) is 0 Å². The maximum absolute atomic E-state index is 4.70. The Labute approximate surface area is 141 Å². The monoisotopic (exact) mass is 318 g/mol. The van der Waals surface area contributed by atoms with Crippen LogP contribution in [0.25, 0.3) is 0 Å². The van der Waals surface area contributed by atoms with Gasteiger partial charge in [0.25, 0.3) is 0 Å². The average Bonchev–Trinajstić information content (AvgIpc) is 2.82. The van der Waals surface area contributed by atoms with Crippen LogP contribution >= 0.6 is 0 Å².